The molecule has 0 saturated heterocycles. The molecule has 0 fully saturated rings. The van der Waals surface area contributed by atoms with Crippen LogP contribution in [0.5, 0.6) is 0 Å². The van der Waals surface area contributed by atoms with E-state index in [-0.39, 0.29) is 5.39 Å². The van der Waals surface area contributed by atoms with Gasteiger partial charge in [-0.15, -0.1) is 0 Å². The fourth-order valence-electron chi connectivity index (χ4n) is 2.17. The van der Waals surface area contributed by atoms with Crippen molar-refractivity contribution in [3.05, 3.63) is 47.5 Å². The number of carboxylic acid groups (broad SMARTS) is 1. The monoisotopic (exact) mass is 327 g/mol. The number of carboxylic acids is 1. The van der Waals surface area contributed by atoms with Crippen molar-refractivity contribution in [1.29, 1.82) is 0 Å². The predicted octanol–water partition coefficient (Wildman–Crippen LogP) is 2.03. The molecular formula is C15H12F3NO4. The van der Waals surface area contributed by atoms with Crippen molar-refractivity contribution >= 4 is 22.6 Å². The Hall–Kier alpha value is -2.61. The highest BCUT2D eigenvalue weighted by Crippen LogP contribution is 2.35. The van der Waals surface area contributed by atoms with E-state index in [0.717, 1.165) is 6.07 Å². The summed E-state index contributed by atoms with van der Waals surface area (Å²) >= 11 is 0. The van der Waals surface area contributed by atoms with E-state index in [0.29, 0.717) is 5.39 Å². The number of carbonyl (C=O) groups is 2. The summed E-state index contributed by atoms with van der Waals surface area (Å²) in [5, 5.41) is 20.1. The van der Waals surface area contributed by atoms with Crippen molar-refractivity contribution in [3.8, 4) is 0 Å². The van der Waals surface area contributed by atoms with Crippen molar-refractivity contribution < 1.29 is 33.0 Å². The Bertz CT molecular complexity index is 758. The molecule has 1 atom stereocenters. The van der Waals surface area contributed by atoms with Crippen LogP contribution in [0.3, 0.4) is 0 Å². The van der Waals surface area contributed by atoms with Crippen LogP contribution in [-0.4, -0.2) is 34.7 Å². The molecule has 0 bridgehead atoms. The molecule has 2 aromatic rings. The Balaban J connectivity index is 2.60. The van der Waals surface area contributed by atoms with E-state index in [2.05, 4.69) is 0 Å². The van der Waals surface area contributed by atoms with Gasteiger partial charge in [-0.2, -0.15) is 13.2 Å². The van der Waals surface area contributed by atoms with Crippen molar-refractivity contribution in [2.24, 2.45) is 0 Å². The van der Waals surface area contributed by atoms with Gasteiger partial charge in [0.2, 0.25) is 0 Å². The van der Waals surface area contributed by atoms with Crippen LogP contribution in [0.4, 0.5) is 13.2 Å². The molecule has 23 heavy (non-hydrogen) atoms. The number of alkyl halides is 3. The summed E-state index contributed by atoms with van der Waals surface area (Å²) in [7, 11) is 0. The fourth-order valence-corrected chi connectivity index (χ4v) is 2.17. The lowest BCUT2D eigenvalue weighted by molar-refractivity contribution is -0.140. The molecular weight excluding hydrogens is 315 g/mol. The average molecular weight is 327 g/mol. The second kappa shape index (κ2) is 6.25. The lowest BCUT2D eigenvalue weighted by Gasteiger charge is -2.17. The number of halogens is 3. The molecule has 0 aromatic heterocycles. The Labute approximate surface area is 128 Å². The van der Waals surface area contributed by atoms with Gasteiger partial charge in [-0.3, -0.25) is 4.79 Å². The molecule has 0 unspecified atom stereocenters. The van der Waals surface area contributed by atoms with Crippen LogP contribution in [0.1, 0.15) is 15.9 Å². The zero-order valence-electron chi connectivity index (χ0n) is 11.6. The minimum absolute atomic E-state index is 0.0434. The molecule has 0 saturated carbocycles. The highest BCUT2D eigenvalue weighted by molar-refractivity contribution is 6.09. The molecule has 2 aromatic carbocycles. The van der Waals surface area contributed by atoms with Gasteiger partial charge in [-0.25, -0.2) is 4.79 Å². The van der Waals surface area contributed by atoms with Gasteiger partial charge in [0, 0.05) is 0 Å². The molecule has 0 radical (unpaired) electrons. The molecule has 0 aliphatic heterocycles. The van der Waals surface area contributed by atoms with Gasteiger partial charge in [-0.1, -0.05) is 30.3 Å². The Morgan fingerprint density at radius 1 is 1.13 bits per heavy atom. The lowest BCUT2D eigenvalue weighted by Crippen LogP contribution is -2.43. The fraction of sp³-hybridized carbons (Fsp3) is 0.200. The summed E-state index contributed by atoms with van der Waals surface area (Å²) in [5.74, 6) is -2.76. The summed E-state index contributed by atoms with van der Waals surface area (Å²) in [6.07, 6.45) is -4.78. The number of rotatable bonds is 4. The molecule has 8 heteroatoms. The van der Waals surface area contributed by atoms with Crippen LogP contribution < -0.4 is 5.32 Å². The van der Waals surface area contributed by atoms with E-state index in [1.165, 1.54) is 24.3 Å². The maximum Gasteiger partial charge on any atom is 0.417 e. The number of aliphatic hydroxyl groups excluding tert-OH is 1. The maximum atomic E-state index is 13.2. The van der Waals surface area contributed by atoms with E-state index in [4.69, 9.17) is 10.2 Å². The largest absolute Gasteiger partial charge is 0.480 e. The van der Waals surface area contributed by atoms with Crippen LogP contribution in [0.15, 0.2) is 36.4 Å². The minimum Gasteiger partial charge on any atom is -0.480 e. The number of benzene rings is 2. The third kappa shape index (κ3) is 3.42. The van der Waals surface area contributed by atoms with E-state index in [1.54, 1.807) is 6.07 Å². The number of aliphatic hydroxyl groups is 1. The summed E-state index contributed by atoms with van der Waals surface area (Å²) in [6.45, 7) is -0.937. The number of hydrogen-bond donors (Lipinski definition) is 3. The Kier molecular flexibility index (Phi) is 4.55. The molecule has 0 spiro atoms. The molecule has 122 valence electrons. The molecule has 0 aliphatic rings. The van der Waals surface area contributed by atoms with Gasteiger partial charge in [0.1, 0.15) is 0 Å². The highest BCUT2D eigenvalue weighted by Gasteiger charge is 2.36. The summed E-state index contributed by atoms with van der Waals surface area (Å²) < 4.78 is 39.5. The Morgan fingerprint density at radius 3 is 2.35 bits per heavy atom. The highest BCUT2D eigenvalue weighted by atomic mass is 19.4. The number of fused-ring (bicyclic) bond motifs is 1. The van der Waals surface area contributed by atoms with Crippen molar-refractivity contribution in [2.75, 3.05) is 6.61 Å². The normalized spacial score (nSPS) is 12.9. The number of aliphatic carboxylic acids is 1. The third-order valence-electron chi connectivity index (χ3n) is 3.25. The van der Waals surface area contributed by atoms with E-state index >= 15 is 0 Å². The van der Waals surface area contributed by atoms with E-state index < -0.39 is 41.8 Å². The standard InChI is InChI=1S/C15H12F3NO4/c16-15(17,18)10-6-5-8-3-1-2-4-9(8)12(10)13(21)19-11(7-20)14(22)23/h1-6,11,20H,7H2,(H,19,21)(H,22,23)/t11-/m0/s1. The first-order valence-electron chi connectivity index (χ1n) is 6.49. The zero-order chi connectivity index (χ0) is 17.2. The molecule has 0 heterocycles. The van der Waals surface area contributed by atoms with Gasteiger partial charge in [-0.05, 0) is 16.8 Å². The van der Waals surface area contributed by atoms with Gasteiger partial charge in [0.15, 0.2) is 6.04 Å². The molecule has 0 aliphatic carbocycles. The first-order valence-corrected chi connectivity index (χ1v) is 6.49. The molecule has 5 nitrogen and oxygen atoms in total. The first-order chi connectivity index (χ1) is 10.8. The van der Waals surface area contributed by atoms with E-state index in [9.17, 15) is 22.8 Å². The summed E-state index contributed by atoms with van der Waals surface area (Å²) in [4.78, 5) is 23.1. The van der Waals surface area contributed by atoms with Crippen molar-refractivity contribution in [2.45, 2.75) is 12.2 Å². The Morgan fingerprint density at radius 2 is 1.78 bits per heavy atom. The summed E-state index contributed by atoms with van der Waals surface area (Å²) in [5.41, 5.74) is -1.84. The second-order valence-electron chi connectivity index (χ2n) is 4.75. The van der Waals surface area contributed by atoms with Crippen LogP contribution in [0.25, 0.3) is 10.8 Å². The van der Waals surface area contributed by atoms with Crippen LogP contribution in [0.2, 0.25) is 0 Å². The average Bonchev–Trinajstić information content (AvgIpc) is 2.49. The molecule has 3 N–H and O–H groups in total. The van der Waals surface area contributed by atoms with Gasteiger partial charge < -0.3 is 15.5 Å². The number of nitrogens with one attached hydrogen (secondary N) is 1. The van der Waals surface area contributed by atoms with Crippen LogP contribution in [0, 0.1) is 0 Å². The molecule has 1 amide bonds. The van der Waals surface area contributed by atoms with Crippen molar-refractivity contribution in [3.63, 3.8) is 0 Å². The zero-order valence-corrected chi connectivity index (χ0v) is 11.6. The van der Waals surface area contributed by atoms with E-state index in [1.807, 2.05) is 5.32 Å². The number of carbonyl (C=O) groups excluding carboxylic acids is 1. The number of hydrogen-bond acceptors (Lipinski definition) is 3. The third-order valence-corrected chi connectivity index (χ3v) is 3.25. The predicted molar refractivity (Wildman–Crippen MR) is 74.9 cm³/mol. The SMILES string of the molecule is O=C(N[C@@H](CO)C(=O)O)c1c(C(F)(F)F)ccc2ccccc12. The minimum atomic E-state index is -4.78. The molecule has 2 rings (SSSR count). The van der Waals surface area contributed by atoms with Crippen LogP contribution >= 0.6 is 0 Å². The topological polar surface area (TPSA) is 86.6 Å². The first kappa shape index (κ1) is 16.8. The maximum absolute atomic E-state index is 13.2. The quantitative estimate of drug-likeness (QED) is 0.802. The lowest BCUT2D eigenvalue weighted by atomic mass is 9.97. The van der Waals surface area contributed by atoms with Gasteiger partial charge >= 0.3 is 12.1 Å². The summed E-state index contributed by atoms with van der Waals surface area (Å²) in [6, 6.07) is 6.26. The van der Waals surface area contributed by atoms with Crippen molar-refractivity contribution in [1.82, 2.24) is 5.32 Å². The van der Waals surface area contributed by atoms with Crippen LogP contribution in [-0.2, 0) is 11.0 Å². The van der Waals surface area contributed by atoms with Gasteiger partial charge in [0.05, 0.1) is 17.7 Å². The smallest absolute Gasteiger partial charge is 0.417 e. The van der Waals surface area contributed by atoms with Gasteiger partial charge in [0.25, 0.3) is 5.91 Å². The number of amides is 1. The second-order valence-corrected chi connectivity index (χ2v) is 4.75.